The number of pyridine rings is 2. The van der Waals surface area contributed by atoms with Gasteiger partial charge in [0, 0.05) is 50.7 Å². The molecule has 12 aromatic rings. The molecule has 9 aromatic carbocycles. The maximum absolute atomic E-state index is 5.39. The first-order valence-corrected chi connectivity index (χ1v) is 25.5. The molecule has 3 heterocycles. The van der Waals surface area contributed by atoms with Gasteiger partial charge in [-0.2, -0.15) is 0 Å². The van der Waals surface area contributed by atoms with Crippen molar-refractivity contribution in [1.82, 2.24) is 24.9 Å². The van der Waals surface area contributed by atoms with Gasteiger partial charge in [0.2, 0.25) is 0 Å². The van der Waals surface area contributed by atoms with Crippen molar-refractivity contribution >= 4 is 21.8 Å². The van der Waals surface area contributed by atoms with E-state index >= 15 is 0 Å². The highest BCUT2D eigenvalue weighted by Crippen LogP contribution is 2.51. The summed E-state index contributed by atoms with van der Waals surface area (Å²) in [5.41, 5.74) is 24.0. The van der Waals surface area contributed by atoms with Crippen LogP contribution >= 0.6 is 0 Å². The van der Waals surface area contributed by atoms with E-state index in [0.29, 0.717) is 17.5 Å². The van der Waals surface area contributed by atoms with Crippen LogP contribution in [0.1, 0.15) is 49.9 Å². The molecule has 74 heavy (non-hydrogen) atoms. The molecular weight excluding hydrogens is 899 g/mol. The lowest BCUT2D eigenvalue weighted by Crippen LogP contribution is -2.14. The largest absolute Gasteiger partial charge is 0.256 e. The number of rotatable bonds is 7. The SMILES string of the molecule is CC1(C)c2ccccc2-c2cc(-c3cccc(-c4cc(-c5cccc(-c6ccc7c(c6)-c6ccccc6C7(C)C)c5)cc(-c5nc(-c6ccnc7ccccc67)nc(-c6ccnc7ccccc67)n5)c4)c3)ccc21. The number of hydrogen-bond acceptors (Lipinski definition) is 5. The maximum Gasteiger partial charge on any atom is 0.164 e. The predicted molar refractivity (Wildman–Crippen MR) is 304 cm³/mol. The highest BCUT2D eigenvalue weighted by molar-refractivity contribution is 5.96. The van der Waals surface area contributed by atoms with Gasteiger partial charge < -0.3 is 0 Å². The Balaban J connectivity index is 0.958. The normalized spacial score (nSPS) is 13.6. The molecule has 5 heteroatoms. The van der Waals surface area contributed by atoms with E-state index in [-0.39, 0.29) is 10.8 Å². The van der Waals surface area contributed by atoms with Gasteiger partial charge in [0.15, 0.2) is 17.5 Å². The molecule has 0 radical (unpaired) electrons. The summed E-state index contributed by atoms with van der Waals surface area (Å²) in [6.45, 7) is 9.34. The van der Waals surface area contributed by atoms with Crippen molar-refractivity contribution in [2.75, 3.05) is 0 Å². The van der Waals surface area contributed by atoms with E-state index in [2.05, 4.69) is 191 Å². The second-order valence-corrected chi connectivity index (χ2v) is 20.9. The van der Waals surface area contributed by atoms with Crippen LogP contribution in [0, 0.1) is 0 Å². The van der Waals surface area contributed by atoms with E-state index in [1.54, 1.807) is 0 Å². The van der Waals surface area contributed by atoms with Crippen LogP contribution in [0.3, 0.4) is 0 Å². The summed E-state index contributed by atoms with van der Waals surface area (Å²) in [5, 5.41) is 1.94. The molecule has 0 amide bonds. The van der Waals surface area contributed by atoms with Gasteiger partial charge in [-0.1, -0.05) is 173 Å². The number of hydrogen-bond donors (Lipinski definition) is 0. The summed E-state index contributed by atoms with van der Waals surface area (Å²) >= 11 is 0. The molecular formula is C69H49N5. The van der Waals surface area contributed by atoms with Gasteiger partial charge in [0.25, 0.3) is 0 Å². The third kappa shape index (κ3) is 7.03. The van der Waals surface area contributed by atoms with Crippen molar-refractivity contribution in [2.45, 2.75) is 38.5 Å². The molecule has 0 N–H and O–H groups in total. The van der Waals surface area contributed by atoms with Gasteiger partial charge in [-0.25, -0.2) is 15.0 Å². The zero-order valence-electron chi connectivity index (χ0n) is 41.6. The minimum absolute atomic E-state index is 0.0624. The Bertz CT molecular complexity index is 4000. The fourth-order valence-corrected chi connectivity index (χ4v) is 12.0. The Hall–Kier alpha value is -9.19. The molecule has 2 aliphatic carbocycles. The average molecular weight is 948 g/mol. The molecule has 0 aliphatic heterocycles. The first-order chi connectivity index (χ1) is 36.2. The number of fused-ring (bicyclic) bond motifs is 8. The Morgan fingerprint density at radius 2 is 0.622 bits per heavy atom. The third-order valence-electron chi connectivity index (χ3n) is 15.8. The fraction of sp³-hybridized carbons (Fsp3) is 0.0870. The second kappa shape index (κ2) is 16.7. The van der Waals surface area contributed by atoms with Crippen LogP contribution in [0.15, 0.2) is 225 Å². The van der Waals surface area contributed by atoms with Gasteiger partial charge in [-0.15, -0.1) is 0 Å². The van der Waals surface area contributed by atoms with Crippen LogP contribution in [-0.2, 0) is 10.8 Å². The summed E-state index contributed by atoms with van der Waals surface area (Å²) in [6, 6.07) is 76.7. The van der Waals surface area contributed by atoms with Crippen molar-refractivity contribution in [3.05, 3.63) is 247 Å². The Kier molecular flexibility index (Phi) is 9.83. The molecule has 5 nitrogen and oxygen atoms in total. The van der Waals surface area contributed by atoms with Crippen molar-refractivity contribution in [1.29, 1.82) is 0 Å². The summed E-state index contributed by atoms with van der Waals surface area (Å²) in [4.78, 5) is 25.5. The van der Waals surface area contributed by atoms with E-state index in [1.807, 2.05) is 60.9 Å². The molecule has 0 fully saturated rings. The molecule has 3 aromatic heterocycles. The Labute approximate surface area is 431 Å². The smallest absolute Gasteiger partial charge is 0.164 e. The summed E-state index contributed by atoms with van der Waals surface area (Å²) in [7, 11) is 0. The highest BCUT2D eigenvalue weighted by atomic mass is 15.0. The van der Waals surface area contributed by atoms with Crippen LogP contribution in [0.4, 0.5) is 0 Å². The van der Waals surface area contributed by atoms with Gasteiger partial charge in [-0.3, -0.25) is 9.97 Å². The summed E-state index contributed by atoms with van der Waals surface area (Å²) in [5.74, 6) is 1.72. The van der Waals surface area contributed by atoms with Crippen LogP contribution in [0.5, 0.6) is 0 Å². The zero-order chi connectivity index (χ0) is 49.7. The lowest BCUT2D eigenvalue weighted by molar-refractivity contribution is 0.660. The van der Waals surface area contributed by atoms with E-state index < -0.39 is 0 Å². The van der Waals surface area contributed by atoms with E-state index in [0.717, 1.165) is 71.9 Å². The van der Waals surface area contributed by atoms with Gasteiger partial charge in [0.05, 0.1) is 11.0 Å². The van der Waals surface area contributed by atoms with Crippen molar-refractivity contribution in [2.24, 2.45) is 0 Å². The number of nitrogens with zero attached hydrogens (tertiary/aromatic N) is 5. The third-order valence-corrected chi connectivity index (χ3v) is 15.8. The number of benzene rings is 9. The monoisotopic (exact) mass is 947 g/mol. The van der Waals surface area contributed by atoms with Crippen LogP contribution < -0.4 is 0 Å². The maximum atomic E-state index is 5.39. The number of aromatic nitrogens is 5. The number of para-hydroxylation sites is 2. The fourth-order valence-electron chi connectivity index (χ4n) is 12.0. The standard InChI is InChI=1S/C69H49N5/c1-68(2)59-23-9-5-19-51(59)57-40-46(27-29-61(57)68)42-15-13-17-44(35-42)48-37-49(45-18-14-16-43(36-45)47-28-30-62-58(41-47)52-20-6-10-24-60(52)69(62,3)4)39-50(38-48)65-72-66(55-31-33-70-63-25-11-7-21-53(55)63)74-67(73-65)56-32-34-71-64-26-12-8-22-54(56)64/h5-41H,1-4H3. The molecule has 0 saturated heterocycles. The Morgan fingerprint density at radius 3 is 1.11 bits per heavy atom. The van der Waals surface area contributed by atoms with E-state index in [4.69, 9.17) is 24.9 Å². The molecule has 2 aliphatic rings. The molecule has 0 atom stereocenters. The van der Waals surface area contributed by atoms with Gasteiger partial charge in [0.1, 0.15) is 0 Å². The second-order valence-electron chi connectivity index (χ2n) is 20.9. The lowest BCUT2D eigenvalue weighted by Gasteiger charge is -2.21. The molecule has 0 unspecified atom stereocenters. The molecule has 350 valence electrons. The molecule has 0 bridgehead atoms. The zero-order valence-corrected chi connectivity index (χ0v) is 41.6. The quantitative estimate of drug-likeness (QED) is 0.159. The molecule has 0 spiro atoms. The average Bonchev–Trinajstić information content (AvgIpc) is 3.86. The van der Waals surface area contributed by atoms with Crippen molar-refractivity contribution in [3.63, 3.8) is 0 Å². The Morgan fingerprint density at radius 1 is 0.257 bits per heavy atom. The van der Waals surface area contributed by atoms with Gasteiger partial charge >= 0.3 is 0 Å². The van der Waals surface area contributed by atoms with Crippen molar-refractivity contribution in [3.8, 4) is 101 Å². The molecule has 14 rings (SSSR count). The first-order valence-electron chi connectivity index (χ1n) is 25.5. The highest BCUT2D eigenvalue weighted by Gasteiger charge is 2.36. The topological polar surface area (TPSA) is 64.5 Å². The van der Waals surface area contributed by atoms with Crippen LogP contribution in [0.2, 0.25) is 0 Å². The van der Waals surface area contributed by atoms with Crippen LogP contribution in [0.25, 0.3) is 123 Å². The van der Waals surface area contributed by atoms with E-state index in [9.17, 15) is 0 Å². The predicted octanol–water partition coefficient (Wildman–Crippen LogP) is 17.2. The first kappa shape index (κ1) is 43.6. The van der Waals surface area contributed by atoms with Gasteiger partial charge in [-0.05, 0) is 156 Å². The summed E-state index contributed by atoms with van der Waals surface area (Å²) in [6.07, 6.45) is 3.67. The summed E-state index contributed by atoms with van der Waals surface area (Å²) < 4.78 is 0. The van der Waals surface area contributed by atoms with E-state index in [1.165, 1.54) is 55.6 Å². The lowest BCUT2D eigenvalue weighted by atomic mass is 9.82. The van der Waals surface area contributed by atoms with Crippen LogP contribution in [-0.4, -0.2) is 24.9 Å². The molecule has 0 saturated carbocycles. The minimum Gasteiger partial charge on any atom is -0.256 e. The minimum atomic E-state index is -0.0624. The van der Waals surface area contributed by atoms with Crippen molar-refractivity contribution < 1.29 is 0 Å².